The minimum atomic E-state index is -0.789. The standard InChI is InChI=1S/C4H8Br.2CH3.Sn.H/c1-2-3-4-5;;;;/h1-4H2;2*1H3;;. The fraction of sp³-hybridized carbons (Fsp3) is 1.00. The fourth-order valence-electron chi connectivity index (χ4n) is 0.647. The first-order chi connectivity index (χ1) is 3.77. The minimum absolute atomic E-state index is 0.789. The van der Waals surface area contributed by atoms with Gasteiger partial charge in [0.2, 0.25) is 0 Å². The van der Waals surface area contributed by atoms with E-state index in [4.69, 9.17) is 0 Å². The first kappa shape index (κ1) is 9.28. The van der Waals surface area contributed by atoms with E-state index in [1.165, 1.54) is 18.2 Å². The number of halogens is 1. The van der Waals surface area contributed by atoms with Gasteiger partial charge in [-0.1, -0.05) is 0 Å². The molecule has 0 unspecified atom stereocenters. The molecule has 0 aliphatic heterocycles. The Morgan fingerprint density at radius 2 is 1.88 bits per heavy atom. The van der Waals surface area contributed by atoms with Crippen molar-refractivity contribution in [2.45, 2.75) is 27.2 Å². The van der Waals surface area contributed by atoms with E-state index in [0.29, 0.717) is 0 Å². The molecule has 8 heavy (non-hydrogen) atoms. The zero-order valence-electron chi connectivity index (χ0n) is 5.78. The Morgan fingerprint density at radius 3 is 2.25 bits per heavy atom. The molecule has 0 aromatic heterocycles. The summed E-state index contributed by atoms with van der Waals surface area (Å²) in [5.41, 5.74) is 0. The summed E-state index contributed by atoms with van der Waals surface area (Å²) in [6, 6.07) is 0. The molecule has 0 aromatic carbocycles. The van der Waals surface area contributed by atoms with Crippen molar-refractivity contribution < 1.29 is 0 Å². The summed E-state index contributed by atoms with van der Waals surface area (Å²) in [6.07, 6.45) is 2.86. The molecule has 0 bridgehead atoms. The molecule has 50 valence electrons. The van der Waals surface area contributed by atoms with Gasteiger partial charge in [-0.3, -0.25) is 0 Å². The van der Waals surface area contributed by atoms with Gasteiger partial charge >= 0.3 is 68.2 Å². The Hall–Kier alpha value is 1.28. The molecule has 0 nitrogen and oxygen atoms in total. The molecular weight excluding hydrogens is 271 g/mol. The van der Waals surface area contributed by atoms with E-state index in [1.807, 2.05) is 0 Å². The van der Waals surface area contributed by atoms with Gasteiger partial charge < -0.3 is 0 Å². The van der Waals surface area contributed by atoms with Crippen LogP contribution in [0.3, 0.4) is 0 Å². The van der Waals surface area contributed by atoms with Crippen LogP contribution in [0.1, 0.15) is 12.8 Å². The molecule has 0 rings (SSSR count). The third-order valence-corrected chi connectivity index (χ3v) is 6.19. The molecule has 0 radical (unpaired) electrons. The van der Waals surface area contributed by atoms with Gasteiger partial charge in [0.1, 0.15) is 0 Å². The summed E-state index contributed by atoms with van der Waals surface area (Å²) in [5, 5.41) is 1.20. The van der Waals surface area contributed by atoms with Crippen LogP contribution in [0.5, 0.6) is 0 Å². The Bertz CT molecular complexity index is 45.8. The second-order valence-electron chi connectivity index (χ2n) is 2.58. The first-order valence-electron chi connectivity index (χ1n) is 3.33. The van der Waals surface area contributed by atoms with Gasteiger partial charge in [0, 0.05) is 0 Å². The Kier molecular flexibility index (Phi) is 7.42. The van der Waals surface area contributed by atoms with Crippen LogP contribution in [0.25, 0.3) is 0 Å². The summed E-state index contributed by atoms with van der Waals surface area (Å²) in [5.74, 6) is 0. The molecule has 0 saturated carbocycles. The van der Waals surface area contributed by atoms with Crippen molar-refractivity contribution in [3.63, 3.8) is 0 Å². The van der Waals surface area contributed by atoms with Gasteiger partial charge in [-0.05, 0) is 0 Å². The van der Waals surface area contributed by atoms with Gasteiger partial charge in [-0.2, -0.15) is 0 Å². The van der Waals surface area contributed by atoms with E-state index in [-0.39, 0.29) is 0 Å². The van der Waals surface area contributed by atoms with Crippen molar-refractivity contribution in [2.24, 2.45) is 0 Å². The summed E-state index contributed by atoms with van der Waals surface area (Å²) in [4.78, 5) is 4.96. The molecule has 2 heteroatoms. The second kappa shape index (κ2) is 6.40. The van der Waals surface area contributed by atoms with Gasteiger partial charge in [-0.25, -0.2) is 0 Å². The van der Waals surface area contributed by atoms with E-state index in [2.05, 4.69) is 25.8 Å². The average molecular weight is 286 g/mol. The number of unbranched alkanes of at least 4 members (excludes halogenated alkanes) is 1. The van der Waals surface area contributed by atoms with Crippen LogP contribution in [0.15, 0.2) is 0 Å². The topological polar surface area (TPSA) is 0 Å². The molecule has 0 aromatic rings. The summed E-state index contributed by atoms with van der Waals surface area (Å²) < 4.78 is 1.59. The van der Waals surface area contributed by atoms with Gasteiger partial charge in [0.25, 0.3) is 0 Å². The predicted molar refractivity (Wildman–Crippen MR) is 46.7 cm³/mol. The number of hydrogen-bond acceptors (Lipinski definition) is 0. The van der Waals surface area contributed by atoms with Crippen LogP contribution in [0, 0.1) is 0 Å². The molecule has 0 saturated heterocycles. The second-order valence-corrected chi connectivity index (χ2v) is 13.0. The van der Waals surface area contributed by atoms with Crippen molar-refractivity contribution in [2.75, 3.05) is 5.33 Å². The van der Waals surface area contributed by atoms with Crippen LogP contribution in [-0.4, -0.2) is 25.1 Å². The normalized spacial score (nSPS) is 10.5. The molecule has 0 fully saturated rings. The molecular formula is C6H15BrSn. The van der Waals surface area contributed by atoms with Crippen LogP contribution in [0.2, 0.25) is 14.3 Å². The molecule has 0 spiro atoms. The summed E-state index contributed by atoms with van der Waals surface area (Å²) in [7, 11) is 0. The molecule has 0 heterocycles. The maximum absolute atomic E-state index is 3.42. The third-order valence-electron chi connectivity index (χ3n) is 1.17. The van der Waals surface area contributed by atoms with Crippen LogP contribution >= 0.6 is 15.9 Å². The van der Waals surface area contributed by atoms with E-state index in [9.17, 15) is 0 Å². The van der Waals surface area contributed by atoms with Gasteiger partial charge in [-0.15, -0.1) is 0 Å². The molecule has 0 amide bonds. The van der Waals surface area contributed by atoms with Crippen molar-refractivity contribution >= 4 is 35.7 Å². The van der Waals surface area contributed by atoms with E-state index in [1.54, 1.807) is 4.44 Å². The Morgan fingerprint density at radius 1 is 1.25 bits per heavy atom. The fourth-order valence-corrected chi connectivity index (χ4v) is 4.20. The number of hydrogen-bond donors (Lipinski definition) is 0. The van der Waals surface area contributed by atoms with Crippen LogP contribution < -0.4 is 0 Å². The zero-order chi connectivity index (χ0) is 6.41. The molecule has 0 aliphatic carbocycles. The zero-order valence-corrected chi connectivity index (χ0v) is 10.7. The quantitative estimate of drug-likeness (QED) is 0.423. The van der Waals surface area contributed by atoms with Gasteiger partial charge in [0.05, 0.1) is 0 Å². The van der Waals surface area contributed by atoms with Crippen molar-refractivity contribution in [3.05, 3.63) is 0 Å². The molecule has 0 aliphatic rings. The van der Waals surface area contributed by atoms with Crippen LogP contribution in [-0.2, 0) is 0 Å². The van der Waals surface area contributed by atoms with Crippen molar-refractivity contribution in [1.82, 2.24) is 0 Å². The molecule has 0 atom stereocenters. The maximum atomic E-state index is 3.42. The molecule has 0 N–H and O–H groups in total. The Labute approximate surface area is 67.9 Å². The van der Waals surface area contributed by atoms with Crippen LogP contribution in [0.4, 0.5) is 0 Å². The van der Waals surface area contributed by atoms with Crippen molar-refractivity contribution in [1.29, 1.82) is 0 Å². The monoisotopic (exact) mass is 286 g/mol. The van der Waals surface area contributed by atoms with Crippen molar-refractivity contribution in [3.8, 4) is 0 Å². The number of rotatable bonds is 4. The average Bonchev–Trinajstić information content (AvgIpc) is 1.66. The van der Waals surface area contributed by atoms with Gasteiger partial charge in [0.15, 0.2) is 0 Å². The van der Waals surface area contributed by atoms with E-state index in [0.717, 1.165) is 0 Å². The number of alkyl halides is 1. The Balaban J connectivity index is 2.72. The summed E-state index contributed by atoms with van der Waals surface area (Å²) in [6.45, 7) is 0. The SMILES string of the molecule is [CH3][SnH]([CH3])[CH2]CCCBr. The van der Waals surface area contributed by atoms with E-state index >= 15 is 0 Å². The van der Waals surface area contributed by atoms with E-state index < -0.39 is 19.8 Å². The summed E-state index contributed by atoms with van der Waals surface area (Å²) >= 11 is 2.63. The predicted octanol–water partition coefficient (Wildman–Crippen LogP) is 2.65. The third kappa shape index (κ3) is 7.28. The first-order valence-corrected chi connectivity index (χ1v) is 13.4.